The van der Waals surface area contributed by atoms with E-state index < -0.39 is 5.60 Å². The van der Waals surface area contributed by atoms with Crippen LogP contribution in [0.1, 0.15) is 99.2 Å². The second-order valence-corrected chi connectivity index (χ2v) is 12.0. The van der Waals surface area contributed by atoms with Crippen molar-refractivity contribution in [3.63, 3.8) is 0 Å². The van der Waals surface area contributed by atoms with E-state index in [0.717, 1.165) is 11.3 Å². The first kappa shape index (κ1) is 28.3. The molecule has 0 bridgehead atoms. The Kier molecular flexibility index (Phi) is 8.13. The number of aromatic hydroxyl groups is 1. The summed E-state index contributed by atoms with van der Waals surface area (Å²) in [6.45, 7) is 15.1. The third-order valence-corrected chi connectivity index (χ3v) is 7.45. The van der Waals surface area contributed by atoms with Crippen molar-refractivity contribution in [1.29, 1.82) is 0 Å². The summed E-state index contributed by atoms with van der Waals surface area (Å²) >= 11 is 0. The van der Waals surface area contributed by atoms with Crippen molar-refractivity contribution in [3.05, 3.63) is 130 Å². The smallest absolute Gasteiger partial charge is 0.144 e. The van der Waals surface area contributed by atoms with Gasteiger partial charge in [0.2, 0.25) is 0 Å². The fourth-order valence-electron chi connectivity index (χ4n) is 5.10. The Bertz CT molecular complexity index is 1380. The van der Waals surface area contributed by atoms with E-state index in [4.69, 9.17) is 4.99 Å². The highest BCUT2D eigenvalue weighted by molar-refractivity contribution is 5.88. The number of benzene rings is 4. The number of rotatable bonds is 7. The fourth-order valence-corrected chi connectivity index (χ4v) is 5.10. The minimum atomic E-state index is -1.56. The number of nitrogens with zero attached hydrogens (tertiary/aromatic N) is 1. The molecule has 3 heteroatoms. The highest BCUT2D eigenvalue weighted by Gasteiger charge is 2.37. The number of hydrogen-bond donors (Lipinski definition) is 2. The normalized spacial score (nSPS) is 12.6. The van der Waals surface area contributed by atoms with Gasteiger partial charge in [-0.2, -0.15) is 0 Å². The van der Waals surface area contributed by atoms with E-state index in [1.807, 2.05) is 72.8 Å². The lowest BCUT2D eigenvalue weighted by Crippen LogP contribution is -2.30. The van der Waals surface area contributed by atoms with Crippen LogP contribution in [0.5, 0.6) is 5.75 Å². The molecule has 0 aliphatic rings. The summed E-state index contributed by atoms with van der Waals surface area (Å²) in [4.78, 5) is 5.00. The second-order valence-electron chi connectivity index (χ2n) is 12.0. The summed E-state index contributed by atoms with van der Waals surface area (Å²) in [5.74, 6) is 0.638. The molecule has 4 aromatic rings. The SMILES string of the molecule is CC(C)c1cccc(C(C)C)c1N=Cc1cc(C(C)(C)C)cc(C(O)(c2ccccc2)c2ccccc2)c1O. The maximum Gasteiger partial charge on any atom is 0.144 e. The molecule has 39 heavy (non-hydrogen) atoms. The summed E-state index contributed by atoms with van der Waals surface area (Å²) in [6.07, 6.45) is 1.76. The Labute approximate surface area is 233 Å². The standard InChI is InChI=1S/C36H41NO2/c1-24(2)30-19-14-20-31(25(3)4)33(30)37-23-26-21-29(35(5,6)7)22-32(34(26)38)36(39,27-15-10-8-11-16-27)28-17-12-9-13-18-28/h8-25,38-39H,1-7H3. The summed E-state index contributed by atoms with van der Waals surface area (Å²) < 4.78 is 0. The zero-order valence-electron chi connectivity index (χ0n) is 24.2. The van der Waals surface area contributed by atoms with E-state index in [1.165, 1.54) is 11.1 Å². The van der Waals surface area contributed by atoms with Crippen LogP contribution >= 0.6 is 0 Å². The zero-order valence-corrected chi connectivity index (χ0v) is 24.2. The molecule has 202 valence electrons. The van der Waals surface area contributed by atoms with Crippen molar-refractivity contribution >= 4 is 11.9 Å². The van der Waals surface area contributed by atoms with E-state index >= 15 is 0 Å². The Morgan fingerprint density at radius 1 is 0.667 bits per heavy atom. The van der Waals surface area contributed by atoms with Crippen LogP contribution in [0.15, 0.2) is 96.0 Å². The number of aliphatic imine (C=N–C) groups is 1. The summed E-state index contributed by atoms with van der Waals surface area (Å²) in [5, 5.41) is 24.4. The van der Waals surface area contributed by atoms with Gasteiger partial charge < -0.3 is 10.2 Å². The van der Waals surface area contributed by atoms with E-state index in [9.17, 15) is 10.2 Å². The molecule has 0 aliphatic heterocycles. The van der Waals surface area contributed by atoms with Gasteiger partial charge in [-0.25, -0.2) is 0 Å². The number of phenols is 1. The lowest BCUT2D eigenvalue weighted by molar-refractivity contribution is 0.122. The van der Waals surface area contributed by atoms with E-state index in [2.05, 4.69) is 66.7 Å². The molecule has 0 atom stereocenters. The Morgan fingerprint density at radius 2 is 1.15 bits per heavy atom. The number of hydrogen-bond acceptors (Lipinski definition) is 3. The summed E-state index contributed by atoms with van der Waals surface area (Å²) in [6, 6.07) is 29.4. The molecule has 0 unspecified atom stereocenters. The van der Waals surface area contributed by atoms with Gasteiger partial charge in [-0.05, 0) is 57.2 Å². The van der Waals surface area contributed by atoms with Crippen molar-refractivity contribution in [2.45, 2.75) is 71.3 Å². The first-order valence-electron chi connectivity index (χ1n) is 13.8. The molecule has 0 spiro atoms. The fraction of sp³-hybridized carbons (Fsp3) is 0.306. The molecule has 0 aromatic heterocycles. The van der Waals surface area contributed by atoms with E-state index in [-0.39, 0.29) is 11.2 Å². The third kappa shape index (κ3) is 5.69. The first-order valence-corrected chi connectivity index (χ1v) is 13.8. The van der Waals surface area contributed by atoms with Crippen LogP contribution in [0.4, 0.5) is 5.69 Å². The van der Waals surface area contributed by atoms with Gasteiger partial charge in [0.25, 0.3) is 0 Å². The average Bonchev–Trinajstić information content (AvgIpc) is 2.92. The average molecular weight is 520 g/mol. The van der Waals surface area contributed by atoms with Gasteiger partial charge in [-0.3, -0.25) is 4.99 Å². The van der Waals surface area contributed by atoms with Gasteiger partial charge in [-0.1, -0.05) is 127 Å². The molecule has 0 aliphatic carbocycles. The number of aliphatic hydroxyl groups is 1. The van der Waals surface area contributed by atoms with Crippen molar-refractivity contribution < 1.29 is 10.2 Å². The molecule has 4 aromatic carbocycles. The minimum Gasteiger partial charge on any atom is -0.507 e. The maximum absolute atomic E-state index is 12.5. The topological polar surface area (TPSA) is 52.8 Å². The predicted octanol–water partition coefficient (Wildman–Crippen LogP) is 8.97. The lowest BCUT2D eigenvalue weighted by atomic mass is 9.76. The zero-order chi connectivity index (χ0) is 28.4. The van der Waals surface area contributed by atoms with Crippen LogP contribution in [-0.4, -0.2) is 16.4 Å². The highest BCUT2D eigenvalue weighted by atomic mass is 16.3. The molecule has 0 heterocycles. The van der Waals surface area contributed by atoms with Gasteiger partial charge in [0.05, 0.1) is 5.69 Å². The van der Waals surface area contributed by atoms with E-state index in [0.29, 0.717) is 34.1 Å². The molecule has 2 N–H and O–H groups in total. The third-order valence-electron chi connectivity index (χ3n) is 7.45. The first-order chi connectivity index (χ1) is 18.4. The van der Waals surface area contributed by atoms with Crippen LogP contribution in [0.3, 0.4) is 0 Å². The maximum atomic E-state index is 12.5. The number of para-hydroxylation sites is 1. The molecule has 0 fully saturated rings. The van der Waals surface area contributed by atoms with E-state index in [1.54, 1.807) is 6.21 Å². The molecule has 0 radical (unpaired) electrons. The molecular weight excluding hydrogens is 478 g/mol. The molecular formula is C36H41NO2. The monoisotopic (exact) mass is 519 g/mol. The van der Waals surface area contributed by atoms with Crippen molar-refractivity contribution in [3.8, 4) is 5.75 Å². The number of phenolic OH excluding ortho intramolecular Hbond substituents is 1. The second kappa shape index (κ2) is 11.2. The lowest BCUT2D eigenvalue weighted by Gasteiger charge is -2.33. The van der Waals surface area contributed by atoms with Gasteiger partial charge in [0.1, 0.15) is 11.4 Å². The van der Waals surface area contributed by atoms with Gasteiger partial charge in [-0.15, -0.1) is 0 Å². The quantitative estimate of drug-likeness (QED) is 0.189. The Morgan fingerprint density at radius 3 is 1.59 bits per heavy atom. The van der Waals surface area contributed by atoms with Crippen LogP contribution in [0.25, 0.3) is 0 Å². The predicted molar refractivity (Wildman–Crippen MR) is 164 cm³/mol. The summed E-state index contributed by atoms with van der Waals surface area (Å²) in [7, 11) is 0. The van der Waals surface area contributed by atoms with Crippen LogP contribution in [0.2, 0.25) is 0 Å². The van der Waals surface area contributed by atoms with Crippen LogP contribution in [0, 0.1) is 0 Å². The summed E-state index contributed by atoms with van der Waals surface area (Å²) in [5.41, 5.74) is 4.91. The van der Waals surface area contributed by atoms with Crippen molar-refractivity contribution in [1.82, 2.24) is 0 Å². The molecule has 0 saturated carbocycles. The van der Waals surface area contributed by atoms with Crippen LogP contribution in [-0.2, 0) is 11.0 Å². The van der Waals surface area contributed by atoms with Crippen LogP contribution < -0.4 is 0 Å². The largest absolute Gasteiger partial charge is 0.507 e. The molecule has 0 saturated heterocycles. The van der Waals surface area contributed by atoms with Gasteiger partial charge >= 0.3 is 0 Å². The molecule has 0 amide bonds. The molecule has 4 rings (SSSR count). The minimum absolute atomic E-state index is 0.0232. The Hall–Kier alpha value is -3.69. The van der Waals surface area contributed by atoms with Gasteiger partial charge in [0, 0.05) is 17.3 Å². The van der Waals surface area contributed by atoms with Gasteiger partial charge in [0.15, 0.2) is 0 Å². The van der Waals surface area contributed by atoms with Crippen molar-refractivity contribution in [2.24, 2.45) is 4.99 Å². The van der Waals surface area contributed by atoms with Crippen molar-refractivity contribution in [2.75, 3.05) is 0 Å². The Balaban J connectivity index is 2.00. The highest BCUT2D eigenvalue weighted by Crippen LogP contribution is 2.44. The molecule has 3 nitrogen and oxygen atoms in total.